The molecule has 0 fully saturated rings. The maximum atomic E-state index is 13.0. The highest BCUT2D eigenvalue weighted by molar-refractivity contribution is 6.06. The number of nitro benzene ring substituents is 1. The first kappa shape index (κ1) is 13.6. The third-order valence-corrected chi connectivity index (χ3v) is 2.64. The largest absolute Gasteiger partial charge is 0.289 e. The second-order valence-corrected chi connectivity index (χ2v) is 4.06. The van der Waals surface area contributed by atoms with Gasteiger partial charge in [0.2, 0.25) is 0 Å². The third kappa shape index (κ3) is 3.35. The molecule has 0 N–H and O–H groups in total. The molecule has 0 aromatic heterocycles. The van der Waals surface area contributed by atoms with Crippen molar-refractivity contribution in [3.05, 3.63) is 81.7 Å². The molecule has 0 unspecified atom stereocenters. The van der Waals surface area contributed by atoms with E-state index in [-0.39, 0.29) is 17.3 Å². The first-order valence-corrected chi connectivity index (χ1v) is 5.79. The minimum absolute atomic E-state index is 0.0735. The van der Waals surface area contributed by atoms with Crippen LogP contribution in [0.5, 0.6) is 0 Å². The molecule has 0 saturated heterocycles. The van der Waals surface area contributed by atoms with Crippen molar-refractivity contribution < 1.29 is 14.1 Å². The Morgan fingerprint density at radius 1 is 1.15 bits per heavy atom. The van der Waals surface area contributed by atoms with Gasteiger partial charge in [-0.05, 0) is 35.9 Å². The Kier molecular flexibility index (Phi) is 4.00. The number of allylic oxidation sites excluding steroid dienone is 1. The number of rotatable bonds is 4. The van der Waals surface area contributed by atoms with E-state index in [4.69, 9.17) is 0 Å². The van der Waals surface area contributed by atoms with Crippen molar-refractivity contribution >= 4 is 17.5 Å². The van der Waals surface area contributed by atoms with Crippen molar-refractivity contribution in [2.75, 3.05) is 0 Å². The van der Waals surface area contributed by atoms with Gasteiger partial charge in [-0.1, -0.05) is 18.2 Å². The molecule has 20 heavy (non-hydrogen) atoms. The monoisotopic (exact) mass is 271 g/mol. The summed E-state index contributed by atoms with van der Waals surface area (Å²) >= 11 is 0. The first-order valence-electron chi connectivity index (χ1n) is 5.79. The van der Waals surface area contributed by atoms with Crippen LogP contribution in [0.15, 0.2) is 54.6 Å². The van der Waals surface area contributed by atoms with Crippen LogP contribution in [-0.2, 0) is 0 Å². The van der Waals surface area contributed by atoms with E-state index in [1.807, 2.05) is 0 Å². The molecule has 0 atom stereocenters. The van der Waals surface area contributed by atoms with Crippen LogP contribution in [0.2, 0.25) is 0 Å². The molecule has 0 spiro atoms. The maximum absolute atomic E-state index is 13.0. The van der Waals surface area contributed by atoms with Crippen LogP contribution in [0.3, 0.4) is 0 Å². The summed E-state index contributed by atoms with van der Waals surface area (Å²) < 4.78 is 13.0. The van der Waals surface area contributed by atoms with Gasteiger partial charge in [0.05, 0.1) is 4.92 Å². The lowest BCUT2D eigenvalue weighted by Gasteiger charge is -1.96. The average Bonchev–Trinajstić information content (AvgIpc) is 2.45. The van der Waals surface area contributed by atoms with Gasteiger partial charge in [0.1, 0.15) is 5.82 Å². The fraction of sp³-hybridized carbons (Fsp3) is 0. The Bertz CT molecular complexity index is 678. The summed E-state index contributed by atoms with van der Waals surface area (Å²) in [5.74, 6) is -0.681. The second-order valence-electron chi connectivity index (χ2n) is 4.06. The molecule has 0 bridgehead atoms. The molecule has 0 saturated carbocycles. The van der Waals surface area contributed by atoms with Crippen LogP contribution < -0.4 is 0 Å². The van der Waals surface area contributed by atoms with Crippen molar-refractivity contribution in [1.29, 1.82) is 0 Å². The molecule has 4 nitrogen and oxygen atoms in total. The Balaban J connectivity index is 2.13. The van der Waals surface area contributed by atoms with Crippen molar-refractivity contribution in [3.8, 4) is 0 Å². The number of halogens is 1. The van der Waals surface area contributed by atoms with Gasteiger partial charge < -0.3 is 0 Å². The Hall–Kier alpha value is -2.82. The van der Waals surface area contributed by atoms with Crippen LogP contribution >= 0.6 is 0 Å². The zero-order chi connectivity index (χ0) is 14.5. The molecule has 2 aromatic carbocycles. The molecule has 0 heterocycles. The highest BCUT2D eigenvalue weighted by Crippen LogP contribution is 2.13. The second kappa shape index (κ2) is 5.88. The molecule has 0 radical (unpaired) electrons. The number of benzene rings is 2. The van der Waals surface area contributed by atoms with Crippen LogP contribution in [0.25, 0.3) is 6.08 Å². The Morgan fingerprint density at radius 3 is 2.45 bits per heavy atom. The van der Waals surface area contributed by atoms with E-state index in [0.29, 0.717) is 11.1 Å². The smallest absolute Gasteiger partial charge is 0.269 e. The molecular weight excluding hydrogens is 261 g/mol. The van der Waals surface area contributed by atoms with Crippen molar-refractivity contribution in [2.45, 2.75) is 0 Å². The van der Waals surface area contributed by atoms with E-state index in [2.05, 4.69) is 0 Å². The van der Waals surface area contributed by atoms with E-state index >= 15 is 0 Å². The minimum Gasteiger partial charge on any atom is -0.289 e. The molecule has 2 rings (SSSR count). The van der Waals surface area contributed by atoms with E-state index < -0.39 is 4.92 Å². The van der Waals surface area contributed by atoms with Gasteiger partial charge >= 0.3 is 0 Å². The third-order valence-electron chi connectivity index (χ3n) is 2.64. The molecule has 0 aliphatic heterocycles. The topological polar surface area (TPSA) is 60.2 Å². The normalized spacial score (nSPS) is 10.7. The standard InChI is InChI=1S/C15H10FNO3/c16-13-3-1-2-11(10-13)4-9-15(18)12-5-7-14(8-6-12)17(19)20/h1-10H/b9-4+. The molecule has 0 aliphatic carbocycles. The summed E-state index contributed by atoms with van der Waals surface area (Å²) in [7, 11) is 0. The van der Waals surface area contributed by atoms with Crippen molar-refractivity contribution in [2.24, 2.45) is 0 Å². The zero-order valence-corrected chi connectivity index (χ0v) is 10.3. The number of nitrogens with zero attached hydrogens (tertiary/aromatic N) is 1. The number of ketones is 1. The quantitative estimate of drug-likeness (QED) is 0.369. The number of hydrogen-bond acceptors (Lipinski definition) is 3. The van der Waals surface area contributed by atoms with Crippen LogP contribution in [0.1, 0.15) is 15.9 Å². The van der Waals surface area contributed by atoms with Crippen molar-refractivity contribution in [3.63, 3.8) is 0 Å². The number of hydrogen-bond donors (Lipinski definition) is 0. The van der Waals surface area contributed by atoms with E-state index in [1.54, 1.807) is 12.1 Å². The van der Waals surface area contributed by atoms with Crippen LogP contribution in [-0.4, -0.2) is 10.7 Å². The van der Waals surface area contributed by atoms with E-state index in [0.717, 1.165) is 0 Å². The van der Waals surface area contributed by atoms with Crippen LogP contribution in [0.4, 0.5) is 10.1 Å². The number of nitro groups is 1. The summed E-state index contributed by atoms with van der Waals surface area (Å²) in [6, 6.07) is 11.1. The number of carbonyl (C=O) groups excluding carboxylic acids is 1. The molecular formula is C15H10FNO3. The fourth-order valence-corrected chi connectivity index (χ4v) is 1.63. The Morgan fingerprint density at radius 2 is 1.85 bits per heavy atom. The minimum atomic E-state index is -0.531. The van der Waals surface area contributed by atoms with Gasteiger partial charge in [0.15, 0.2) is 5.78 Å². The van der Waals surface area contributed by atoms with Crippen molar-refractivity contribution in [1.82, 2.24) is 0 Å². The van der Waals surface area contributed by atoms with Gasteiger partial charge in [-0.25, -0.2) is 4.39 Å². The summed E-state index contributed by atoms with van der Waals surface area (Å²) in [6.07, 6.45) is 2.79. The fourth-order valence-electron chi connectivity index (χ4n) is 1.63. The highest BCUT2D eigenvalue weighted by Gasteiger charge is 2.07. The van der Waals surface area contributed by atoms with Gasteiger partial charge in [0, 0.05) is 17.7 Å². The SMILES string of the molecule is O=C(/C=C/c1cccc(F)c1)c1ccc([N+](=O)[O-])cc1. The van der Waals surface area contributed by atoms with Gasteiger partial charge in [-0.3, -0.25) is 14.9 Å². The first-order chi connectivity index (χ1) is 9.56. The Labute approximate surface area is 114 Å². The lowest BCUT2D eigenvalue weighted by molar-refractivity contribution is -0.384. The highest BCUT2D eigenvalue weighted by atomic mass is 19.1. The average molecular weight is 271 g/mol. The summed E-state index contributed by atoms with van der Waals surface area (Å²) in [6.45, 7) is 0. The van der Waals surface area contributed by atoms with Crippen LogP contribution in [0, 0.1) is 15.9 Å². The molecule has 0 amide bonds. The van der Waals surface area contributed by atoms with Gasteiger partial charge in [-0.2, -0.15) is 0 Å². The van der Waals surface area contributed by atoms with E-state index in [1.165, 1.54) is 48.6 Å². The molecule has 5 heteroatoms. The zero-order valence-electron chi connectivity index (χ0n) is 10.3. The van der Waals surface area contributed by atoms with Gasteiger partial charge in [0.25, 0.3) is 5.69 Å². The summed E-state index contributed by atoms with van der Waals surface area (Å²) in [4.78, 5) is 21.8. The predicted molar refractivity (Wildman–Crippen MR) is 72.9 cm³/mol. The lowest BCUT2D eigenvalue weighted by atomic mass is 10.1. The summed E-state index contributed by atoms with van der Waals surface area (Å²) in [5.41, 5.74) is 0.833. The molecule has 0 aliphatic rings. The lowest BCUT2D eigenvalue weighted by Crippen LogP contribution is -1.95. The van der Waals surface area contributed by atoms with E-state index in [9.17, 15) is 19.3 Å². The molecule has 100 valence electrons. The summed E-state index contributed by atoms with van der Waals surface area (Å²) in [5, 5.41) is 10.5. The predicted octanol–water partition coefficient (Wildman–Crippen LogP) is 3.63. The molecule has 2 aromatic rings. The number of carbonyl (C=O) groups is 1. The maximum Gasteiger partial charge on any atom is 0.269 e. The van der Waals surface area contributed by atoms with Gasteiger partial charge in [-0.15, -0.1) is 0 Å². The number of non-ortho nitro benzene ring substituents is 1.